The fourth-order valence-electron chi connectivity index (χ4n) is 1.01. The average Bonchev–Trinajstić information content (AvgIpc) is 2.54. The van der Waals surface area contributed by atoms with Crippen LogP contribution in [0.1, 0.15) is 60.8 Å². The minimum Gasteiger partial charge on any atom is -0.508 e. The van der Waals surface area contributed by atoms with E-state index in [0.717, 1.165) is 18.4 Å². The number of aliphatic hydroxyl groups excluding tert-OH is 1. The number of hydrogen-bond acceptors (Lipinski definition) is 1. The maximum absolute atomic E-state index is 9.24. The third kappa shape index (κ3) is 30.8. The Morgan fingerprint density at radius 1 is 1.18 bits per heavy atom. The summed E-state index contributed by atoms with van der Waals surface area (Å²) in [6, 6.07) is 0. The van der Waals surface area contributed by atoms with Gasteiger partial charge in [0.05, 0.1) is 0 Å². The molecule has 0 radical (unpaired) electrons. The summed E-state index contributed by atoms with van der Waals surface area (Å²) in [5.41, 5.74) is 0.953. The van der Waals surface area contributed by atoms with Gasteiger partial charge in [-0.1, -0.05) is 70.9 Å². The summed E-state index contributed by atoms with van der Waals surface area (Å²) >= 11 is 0. The Morgan fingerprint density at radius 3 is 1.82 bits per heavy atom. The summed E-state index contributed by atoms with van der Waals surface area (Å²) in [7, 11) is 0. The Balaban J connectivity index is -0.000000113. The van der Waals surface area contributed by atoms with Crippen molar-refractivity contribution in [1.82, 2.24) is 0 Å². The molecule has 1 nitrogen and oxygen atoms in total. The molecule has 126 valence electrons. The zero-order valence-electron chi connectivity index (χ0n) is 15.5. The smallest absolute Gasteiger partial charge is 0.118 e. The molecule has 0 aliphatic heterocycles. The van der Waals surface area contributed by atoms with Crippen LogP contribution in [0.5, 0.6) is 0 Å². The van der Waals surface area contributed by atoms with E-state index in [1.807, 2.05) is 45.9 Å². The van der Waals surface area contributed by atoms with Crippen molar-refractivity contribution >= 4 is 0 Å². The highest BCUT2D eigenvalue weighted by molar-refractivity contribution is 5.36. The van der Waals surface area contributed by atoms with Gasteiger partial charge in [0.2, 0.25) is 0 Å². The van der Waals surface area contributed by atoms with Crippen molar-refractivity contribution in [2.24, 2.45) is 0 Å². The molecule has 0 spiro atoms. The Bertz CT molecular complexity index is 349. The lowest BCUT2D eigenvalue weighted by Crippen LogP contribution is -1.90. The van der Waals surface area contributed by atoms with Gasteiger partial charge in [0.15, 0.2) is 0 Å². The Kier molecular flexibility index (Phi) is 40.4. The molecule has 0 saturated carbocycles. The van der Waals surface area contributed by atoms with E-state index in [2.05, 4.69) is 45.4 Å². The number of allylic oxidation sites excluding steroid dienone is 6. The van der Waals surface area contributed by atoms with E-state index in [1.165, 1.54) is 12.5 Å². The first-order valence-electron chi connectivity index (χ1n) is 7.95. The molecular formula is C21H36O. The normalized spacial score (nSPS) is 11.0. The van der Waals surface area contributed by atoms with Crippen LogP contribution in [-0.2, 0) is 0 Å². The molecule has 0 amide bonds. The van der Waals surface area contributed by atoms with Crippen LogP contribution in [0.4, 0.5) is 0 Å². The van der Waals surface area contributed by atoms with Crippen molar-refractivity contribution in [3.8, 4) is 12.3 Å². The minimum atomic E-state index is 0.421. The van der Waals surface area contributed by atoms with Crippen LogP contribution in [0.3, 0.4) is 0 Å². The molecular weight excluding hydrogens is 268 g/mol. The predicted octanol–water partition coefficient (Wildman–Crippen LogP) is 7.17. The van der Waals surface area contributed by atoms with Gasteiger partial charge in [0.25, 0.3) is 0 Å². The highest BCUT2D eigenvalue weighted by Crippen LogP contribution is 2.16. The fraction of sp³-hybridized carbons (Fsp3) is 0.429. The fourth-order valence-corrected chi connectivity index (χ4v) is 1.01. The summed E-state index contributed by atoms with van der Waals surface area (Å²) in [6.07, 6.45) is 18.8. The third-order valence-corrected chi connectivity index (χ3v) is 1.63. The zero-order chi connectivity index (χ0) is 18.2. The summed E-state index contributed by atoms with van der Waals surface area (Å²) < 4.78 is 0. The van der Waals surface area contributed by atoms with Gasteiger partial charge < -0.3 is 5.11 Å². The lowest BCUT2D eigenvalue weighted by molar-refractivity contribution is 0.420. The summed E-state index contributed by atoms with van der Waals surface area (Å²) in [6.45, 7) is 18.7. The first-order chi connectivity index (χ1) is 10.6. The quantitative estimate of drug-likeness (QED) is 0.402. The monoisotopic (exact) mass is 304 g/mol. The predicted molar refractivity (Wildman–Crippen MR) is 105 cm³/mol. The van der Waals surface area contributed by atoms with Crippen molar-refractivity contribution in [2.75, 3.05) is 0 Å². The van der Waals surface area contributed by atoms with Crippen molar-refractivity contribution in [3.63, 3.8) is 0 Å². The molecule has 0 bridgehead atoms. The Hall–Kier alpha value is -1.94. The molecule has 0 aromatic rings. The summed E-state index contributed by atoms with van der Waals surface area (Å²) in [5.74, 6) is 2.62. The van der Waals surface area contributed by atoms with Gasteiger partial charge in [0, 0.05) is 5.57 Å². The van der Waals surface area contributed by atoms with Gasteiger partial charge >= 0.3 is 0 Å². The van der Waals surface area contributed by atoms with Crippen LogP contribution in [0.15, 0.2) is 60.9 Å². The van der Waals surface area contributed by atoms with Crippen LogP contribution in [0.2, 0.25) is 0 Å². The summed E-state index contributed by atoms with van der Waals surface area (Å²) in [4.78, 5) is 0. The van der Waals surface area contributed by atoms with E-state index >= 15 is 0 Å². The molecule has 0 atom stereocenters. The molecule has 1 aliphatic rings. The SMILES string of the molecule is C#CC=C.C/C=C/C1=CCCC=C1O.C=CC.CC.CCC. The van der Waals surface area contributed by atoms with Crippen molar-refractivity contribution < 1.29 is 5.11 Å². The second-order valence-electron chi connectivity index (χ2n) is 3.81. The molecule has 1 heteroatoms. The standard InChI is InChI=1S/C9H12O.C4H4.C3H8.C3H6.C2H6/c1-2-5-8-6-3-4-7-9(8)10;1-3-4-2;2*1-3-2;1-2/h2,5-7,10H,3-4H2,1H3;1,4H,2H2;3H2,1-2H3;3H,1H2,2H3;1-2H3/b5-2+;;;;. The summed E-state index contributed by atoms with van der Waals surface area (Å²) in [5, 5.41) is 9.24. The van der Waals surface area contributed by atoms with Gasteiger partial charge in [0.1, 0.15) is 5.76 Å². The minimum absolute atomic E-state index is 0.421. The van der Waals surface area contributed by atoms with Crippen molar-refractivity contribution in [1.29, 1.82) is 0 Å². The highest BCUT2D eigenvalue weighted by Gasteiger charge is 2.01. The first-order valence-corrected chi connectivity index (χ1v) is 7.95. The molecule has 0 saturated heterocycles. The van der Waals surface area contributed by atoms with E-state index in [0.29, 0.717) is 5.76 Å². The molecule has 0 heterocycles. The second kappa shape index (κ2) is 31.4. The number of hydrogen-bond donors (Lipinski definition) is 1. The Labute approximate surface area is 139 Å². The topological polar surface area (TPSA) is 20.2 Å². The number of aliphatic hydroxyl groups is 1. The molecule has 0 fully saturated rings. The van der Waals surface area contributed by atoms with Crippen molar-refractivity contribution in [3.05, 3.63) is 60.9 Å². The van der Waals surface area contributed by atoms with Crippen LogP contribution >= 0.6 is 0 Å². The maximum atomic E-state index is 9.24. The Morgan fingerprint density at radius 2 is 1.55 bits per heavy atom. The average molecular weight is 305 g/mol. The molecule has 1 N–H and O–H groups in total. The van der Waals surface area contributed by atoms with E-state index < -0.39 is 0 Å². The van der Waals surface area contributed by atoms with Crippen LogP contribution in [-0.4, -0.2) is 5.11 Å². The van der Waals surface area contributed by atoms with Gasteiger partial charge in [-0.05, 0) is 38.8 Å². The third-order valence-electron chi connectivity index (χ3n) is 1.63. The van der Waals surface area contributed by atoms with Gasteiger partial charge in [-0.2, -0.15) is 0 Å². The van der Waals surface area contributed by atoms with Crippen LogP contribution < -0.4 is 0 Å². The van der Waals surface area contributed by atoms with Crippen LogP contribution in [0, 0.1) is 12.3 Å². The second-order valence-corrected chi connectivity index (χ2v) is 3.81. The lowest BCUT2D eigenvalue weighted by Gasteiger charge is -2.05. The van der Waals surface area contributed by atoms with E-state index in [-0.39, 0.29) is 0 Å². The molecule has 0 aromatic heterocycles. The maximum Gasteiger partial charge on any atom is 0.118 e. The van der Waals surface area contributed by atoms with Gasteiger partial charge in [-0.25, -0.2) is 0 Å². The molecule has 1 aliphatic carbocycles. The molecule has 0 aromatic carbocycles. The highest BCUT2D eigenvalue weighted by atomic mass is 16.3. The van der Waals surface area contributed by atoms with E-state index in [1.54, 1.807) is 6.08 Å². The van der Waals surface area contributed by atoms with E-state index in [4.69, 9.17) is 0 Å². The zero-order valence-corrected chi connectivity index (χ0v) is 15.5. The number of terminal acetylenes is 1. The molecule has 0 unspecified atom stereocenters. The largest absolute Gasteiger partial charge is 0.508 e. The molecule has 1 rings (SSSR count). The number of rotatable bonds is 1. The first kappa shape index (κ1) is 28.3. The lowest BCUT2D eigenvalue weighted by atomic mass is 10.1. The van der Waals surface area contributed by atoms with Crippen LogP contribution in [0.25, 0.3) is 0 Å². The van der Waals surface area contributed by atoms with Gasteiger partial charge in [-0.3, -0.25) is 0 Å². The molecule has 22 heavy (non-hydrogen) atoms. The van der Waals surface area contributed by atoms with Gasteiger partial charge in [-0.15, -0.1) is 13.0 Å². The van der Waals surface area contributed by atoms with Crippen molar-refractivity contribution in [2.45, 2.75) is 60.8 Å². The van der Waals surface area contributed by atoms with E-state index in [9.17, 15) is 5.11 Å².